The molecule has 0 aliphatic carbocycles. The Labute approximate surface area is 172 Å². The maximum atomic E-state index is 13.3. The first kappa shape index (κ1) is 19.7. The maximum Gasteiger partial charge on any atom is 0.253 e. The Kier molecular flexibility index (Phi) is 5.48. The maximum absolute atomic E-state index is 13.3. The Morgan fingerprint density at radius 2 is 1.97 bits per heavy atom. The van der Waals surface area contributed by atoms with E-state index < -0.39 is 16.1 Å². The molecule has 10 heteroatoms. The van der Waals surface area contributed by atoms with Crippen molar-refractivity contribution >= 4 is 27.3 Å². The molecule has 1 amide bonds. The number of rotatable bonds is 6. The van der Waals surface area contributed by atoms with Gasteiger partial charge in [0.15, 0.2) is 5.82 Å². The number of hydrogen-bond acceptors (Lipinski definition) is 7. The van der Waals surface area contributed by atoms with Gasteiger partial charge in [-0.2, -0.15) is 9.29 Å². The van der Waals surface area contributed by atoms with Crippen LogP contribution in [-0.2, 0) is 27.8 Å². The van der Waals surface area contributed by atoms with E-state index in [1.54, 1.807) is 29.3 Å². The first-order valence-corrected chi connectivity index (χ1v) is 11.4. The van der Waals surface area contributed by atoms with E-state index in [1.807, 2.05) is 30.3 Å². The molecule has 4 rings (SSSR count). The molecule has 1 aliphatic rings. The number of piperazine rings is 1. The second kappa shape index (κ2) is 8.05. The normalized spacial score (nSPS) is 18.3. The van der Waals surface area contributed by atoms with Crippen molar-refractivity contribution in [2.75, 3.05) is 13.1 Å². The summed E-state index contributed by atoms with van der Waals surface area (Å²) in [6.45, 7) is 2.62. The molecule has 1 atom stereocenters. The molecule has 0 saturated carbocycles. The number of carbonyl (C=O) groups is 1. The first-order chi connectivity index (χ1) is 13.9. The van der Waals surface area contributed by atoms with Gasteiger partial charge in [-0.3, -0.25) is 4.79 Å². The Morgan fingerprint density at radius 3 is 2.62 bits per heavy atom. The predicted molar refractivity (Wildman–Crippen MR) is 107 cm³/mol. The second-order valence-corrected chi connectivity index (χ2v) is 9.81. The van der Waals surface area contributed by atoms with Gasteiger partial charge in [0.25, 0.3) is 10.0 Å². The number of aryl methyl sites for hydroxylation is 1. The number of sulfonamides is 1. The molecule has 3 aromatic rings. The van der Waals surface area contributed by atoms with Gasteiger partial charge >= 0.3 is 0 Å². The molecular weight excluding hydrogens is 412 g/mol. The van der Waals surface area contributed by atoms with E-state index in [9.17, 15) is 13.2 Å². The average molecular weight is 433 g/mol. The lowest BCUT2D eigenvalue weighted by molar-refractivity contribution is -0.139. The summed E-state index contributed by atoms with van der Waals surface area (Å²) in [5.74, 6) is 0.418. The molecule has 2 aromatic heterocycles. The summed E-state index contributed by atoms with van der Waals surface area (Å²) < 4.78 is 33.0. The highest BCUT2D eigenvalue weighted by Crippen LogP contribution is 2.27. The van der Waals surface area contributed by atoms with Crippen LogP contribution in [-0.4, -0.2) is 52.8 Å². The minimum atomic E-state index is -3.80. The zero-order valence-corrected chi connectivity index (χ0v) is 17.4. The molecule has 0 radical (unpaired) electrons. The SMILES string of the molecule is Cc1noc(CC2C(=O)N(Cc3ccccc3)CCN2S(=O)(=O)c2cccs2)n1. The van der Waals surface area contributed by atoms with Gasteiger partial charge < -0.3 is 9.42 Å². The number of hydrogen-bond donors (Lipinski definition) is 0. The van der Waals surface area contributed by atoms with Gasteiger partial charge in [-0.15, -0.1) is 11.3 Å². The summed E-state index contributed by atoms with van der Waals surface area (Å²) in [5.41, 5.74) is 0.989. The van der Waals surface area contributed by atoms with E-state index in [-0.39, 0.29) is 29.0 Å². The van der Waals surface area contributed by atoms with Crippen molar-refractivity contribution in [2.45, 2.75) is 30.1 Å². The zero-order chi connectivity index (χ0) is 20.4. The number of thiophene rings is 1. The van der Waals surface area contributed by atoms with Crippen LogP contribution in [0.3, 0.4) is 0 Å². The smallest absolute Gasteiger partial charge is 0.253 e. The molecule has 1 unspecified atom stereocenters. The van der Waals surface area contributed by atoms with Crippen molar-refractivity contribution in [3.63, 3.8) is 0 Å². The Morgan fingerprint density at radius 1 is 1.17 bits per heavy atom. The topological polar surface area (TPSA) is 96.6 Å². The van der Waals surface area contributed by atoms with Crippen LogP contribution in [0.15, 0.2) is 56.6 Å². The van der Waals surface area contributed by atoms with Crippen LogP contribution in [0.4, 0.5) is 0 Å². The third kappa shape index (κ3) is 4.09. The summed E-state index contributed by atoms with van der Waals surface area (Å²) in [5, 5.41) is 5.46. The Hall–Kier alpha value is -2.56. The number of nitrogens with zero attached hydrogens (tertiary/aromatic N) is 4. The molecule has 1 aromatic carbocycles. The zero-order valence-electron chi connectivity index (χ0n) is 15.8. The molecule has 29 heavy (non-hydrogen) atoms. The van der Waals surface area contributed by atoms with Crippen LogP contribution < -0.4 is 0 Å². The third-order valence-electron chi connectivity index (χ3n) is 4.75. The van der Waals surface area contributed by atoms with Crippen molar-refractivity contribution in [2.24, 2.45) is 0 Å². The Bertz CT molecular complexity index is 1080. The molecule has 1 saturated heterocycles. The van der Waals surface area contributed by atoms with E-state index in [4.69, 9.17) is 4.52 Å². The van der Waals surface area contributed by atoms with Gasteiger partial charge in [0.05, 0.1) is 6.42 Å². The van der Waals surface area contributed by atoms with Crippen molar-refractivity contribution in [3.8, 4) is 0 Å². The fraction of sp³-hybridized carbons (Fsp3) is 0.316. The van der Waals surface area contributed by atoms with E-state index in [1.165, 1.54) is 4.31 Å². The minimum Gasteiger partial charge on any atom is -0.339 e. The Balaban J connectivity index is 1.64. The molecule has 152 valence electrons. The molecule has 3 heterocycles. The fourth-order valence-corrected chi connectivity index (χ4v) is 6.06. The fourth-order valence-electron chi connectivity index (χ4n) is 3.37. The predicted octanol–water partition coefficient (Wildman–Crippen LogP) is 2.08. The summed E-state index contributed by atoms with van der Waals surface area (Å²) in [7, 11) is -3.80. The van der Waals surface area contributed by atoms with Crippen LogP contribution in [0.2, 0.25) is 0 Å². The van der Waals surface area contributed by atoms with Crippen molar-refractivity contribution < 1.29 is 17.7 Å². The monoisotopic (exact) mass is 432 g/mol. The van der Waals surface area contributed by atoms with Crippen LogP contribution in [0.1, 0.15) is 17.3 Å². The van der Waals surface area contributed by atoms with Gasteiger partial charge in [-0.1, -0.05) is 41.6 Å². The summed E-state index contributed by atoms with van der Waals surface area (Å²) in [4.78, 5) is 19.1. The highest BCUT2D eigenvalue weighted by Gasteiger charge is 2.43. The van der Waals surface area contributed by atoms with Crippen LogP contribution >= 0.6 is 11.3 Å². The summed E-state index contributed by atoms with van der Waals surface area (Å²) >= 11 is 1.13. The van der Waals surface area contributed by atoms with E-state index in [0.717, 1.165) is 16.9 Å². The third-order valence-corrected chi connectivity index (χ3v) is 8.03. The second-order valence-electron chi connectivity index (χ2n) is 6.75. The molecule has 0 spiro atoms. The number of aromatic nitrogens is 2. The van der Waals surface area contributed by atoms with Gasteiger partial charge in [0.1, 0.15) is 10.3 Å². The molecule has 0 bridgehead atoms. The lowest BCUT2D eigenvalue weighted by Gasteiger charge is -2.39. The standard InChI is InChI=1S/C19H20N4O4S2/c1-14-20-17(27-21-14)12-16-19(24)22(13-15-6-3-2-4-7-15)9-10-23(16)29(25,26)18-8-5-11-28-18/h2-8,11,16H,9-10,12-13H2,1H3. The highest BCUT2D eigenvalue weighted by molar-refractivity contribution is 7.91. The number of benzene rings is 1. The average Bonchev–Trinajstić information content (AvgIpc) is 3.38. The quantitative estimate of drug-likeness (QED) is 0.592. The summed E-state index contributed by atoms with van der Waals surface area (Å²) in [6.07, 6.45) is 0.0373. The van der Waals surface area contributed by atoms with Gasteiger partial charge in [-0.25, -0.2) is 8.42 Å². The lowest BCUT2D eigenvalue weighted by atomic mass is 10.1. The minimum absolute atomic E-state index is 0.0373. The highest BCUT2D eigenvalue weighted by atomic mass is 32.2. The van der Waals surface area contributed by atoms with Gasteiger partial charge in [-0.05, 0) is 23.9 Å². The van der Waals surface area contributed by atoms with Crippen molar-refractivity contribution in [1.82, 2.24) is 19.3 Å². The number of amides is 1. The molecule has 0 N–H and O–H groups in total. The molecular formula is C19H20N4O4S2. The molecule has 8 nitrogen and oxygen atoms in total. The lowest BCUT2D eigenvalue weighted by Crippen LogP contribution is -2.58. The first-order valence-electron chi connectivity index (χ1n) is 9.12. The van der Waals surface area contributed by atoms with E-state index >= 15 is 0 Å². The molecule has 1 fully saturated rings. The van der Waals surface area contributed by atoms with E-state index in [0.29, 0.717) is 18.9 Å². The molecule has 1 aliphatic heterocycles. The summed E-state index contributed by atoms with van der Waals surface area (Å²) in [6, 6.07) is 11.9. The van der Waals surface area contributed by atoms with Crippen molar-refractivity contribution in [1.29, 1.82) is 0 Å². The largest absolute Gasteiger partial charge is 0.339 e. The van der Waals surface area contributed by atoms with E-state index in [2.05, 4.69) is 10.1 Å². The van der Waals surface area contributed by atoms with Gasteiger partial charge in [0.2, 0.25) is 11.8 Å². The van der Waals surface area contributed by atoms with Crippen LogP contribution in [0.5, 0.6) is 0 Å². The van der Waals surface area contributed by atoms with Crippen LogP contribution in [0, 0.1) is 6.92 Å². The van der Waals surface area contributed by atoms with Gasteiger partial charge in [0, 0.05) is 19.6 Å². The number of carbonyl (C=O) groups excluding carboxylic acids is 1. The van der Waals surface area contributed by atoms with Crippen LogP contribution in [0.25, 0.3) is 0 Å². The van der Waals surface area contributed by atoms with Crippen molar-refractivity contribution in [3.05, 3.63) is 65.1 Å².